The molecule has 2 aromatic rings. The summed E-state index contributed by atoms with van der Waals surface area (Å²) in [4.78, 5) is 4.73. The summed E-state index contributed by atoms with van der Waals surface area (Å²) in [5.74, 6) is 0. The number of hydrogen-bond donors (Lipinski definition) is 0. The van der Waals surface area contributed by atoms with Crippen LogP contribution in [-0.4, -0.2) is 20.1 Å². The molecule has 0 amide bonds. The van der Waals surface area contributed by atoms with Crippen LogP contribution in [0.15, 0.2) is 94.7 Å². The highest BCUT2D eigenvalue weighted by atomic mass is 35.5. The standard InChI is InChI=1S/C32H37ClN2/c1-31(2)24-14-7-9-16-26(24)34(5)28(31)20-18-22-12-11-13-23(30(22)33)19-21-29-32(3,4)25-15-8-10-17-27(25)35(29)6/h7-10,14-21,28H,11-13H2,1-6H3/b20-18+,23-19-,29-21-. The van der Waals surface area contributed by atoms with Gasteiger partial charge in [-0.1, -0.05) is 93.9 Å². The van der Waals surface area contributed by atoms with Crippen molar-refractivity contribution in [3.63, 3.8) is 0 Å². The van der Waals surface area contributed by atoms with Crippen LogP contribution < -0.4 is 9.80 Å². The van der Waals surface area contributed by atoms with Gasteiger partial charge in [-0.05, 0) is 59.7 Å². The fraction of sp³-hybridized carbons (Fsp3) is 0.375. The first-order chi connectivity index (χ1) is 16.6. The zero-order valence-electron chi connectivity index (χ0n) is 21.9. The molecule has 0 bridgehead atoms. The molecule has 2 heterocycles. The van der Waals surface area contributed by atoms with E-state index in [1.807, 2.05) is 0 Å². The fourth-order valence-electron chi connectivity index (χ4n) is 6.39. The molecule has 182 valence electrons. The number of likely N-dealkylation sites (N-methyl/N-ethyl adjacent to an activating group) is 2. The van der Waals surface area contributed by atoms with Gasteiger partial charge in [0.2, 0.25) is 0 Å². The van der Waals surface area contributed by atoms with Crippen molar-refractivity contribution in [2.75, 3.05) is 23.9 Å². The zero-order valence-corrected chi connectivity index (χ0v) is 22.7. The van der Waals surface area contributed by atoms with Crippen LogP contribution in [0.2, 0.25) is 0 Å². The Balaban J connectivity index is 1.43. The molecule has 0 radical (unpaired) electrons. The van der Waals surface area contributed by atoms with Crippen LogP contribution in [0.3, 0.4) is 0 Å². The van der Waals surface area contributed by atoms with Gasteiger partial charge in [0.15, 0.2) is 0 Å². The molecular weight excluding hydrogens is 448 g/mol. The maximum Gasteiger partial charge on any atom is 0.0565 e. The second kappa shape index (κ2) is 8.75. The molecular formula is C32H37ClN2. The van der Waals surface area contributed by atoms with Crippen LogP contribution in [-0.2, 0) is 10.8 Å². The van der Waals surface area contributed by atoms with E-state index in [1.165, 1.54) is 39.3 Å². The smallest absolute Gasteiger partial charge is 0.0565 e. The van der Waals surface area contributed by atoms with Crippen molar-refractivity contribution in [2.24, 2.45) is 0 Å². The summed E-state index contributed by atoms with van der Waals surface area (Å²) in [7, 11) is 4.37. The van der Waals surface area contributed by atoms with Crippen LogP contribution in [0.4, 0.5) is 11.4 Å². The topological polar surface area (TPSA) is 6.48 Å². The molecule has 3 aliphatic rings. The number of anilines is 2. The lowest BCUT2D eigenvalue weighted by Crippen LogP contribution is -2.37. The summed E-state index contributed by atoms with van der Waals surface area (Å²) in [6.07, 6.45) is 12.4. The molecule has 1 unspecified atom stereocenters. The van der Waals surface area contributed by atoms with Gasteiger partial charge in [-0.2, -0.15) is 0 Å². The number of fused-ring (bicyclic) bond motifs is 2. The second-order valence-electron chi connectivity index (χ2n) is 11.3. The molecule has 1 atom stereocenters. The van der Waals surface area contributed by atoms with Crippen molar-refractivity contribution in [3.8, 4) is 0 Å². The normalized spacial score (nSPS) is 25.2. The van der Waals surface area contributed by atoms with E-state index in [2.05, 4.69) is 124 Å². The van der Waals surface area contributed by atoms with E-state index >= 15 is 0 Å². The molecule has 1 aliphatic carbocycles. The Bertz CT molecular complexity index is 1270. The Morgan fingerprint density at radius 3 is 2.20 bits per heavy atom. The summed E-state index contributed by atoms with van der Waals surface area (Å²) < 4.78 is 0. The van der Waals surface area contributed by atoms with Gasteiger partial charge in [0.05, 0.1) is 6.04 Å². The van der Waals surface area contributed by atoms with Crippen molar-refractivity contribution < 1.29 is 0 Å². The lowest BCUT2D eigenvalue weighted by atomic mass is 9.80. The SMILES string of the molecule is CN1/C(=C\C=C2\CCCC(/C=C/C3N(C)c4ccccc4C3(C)C)=C2Cl)C(C)(C)c2ccccc21. The van der Waals surface area contributed by atoms with E-state index in [9.17, 15) is 0 Å². The maximum atomic E-state index is 7.02. The Morgan fingerprint density at radius 2 is 1.51 bits per heavy atom. The molecule has 5 rings (SSSR count). The molecule has 0 N–H and O–H groups in total. The number of para-hydroxylation sites is 2. The van der Waals surface area contributed by atoms with Gasteiger partial charge < -0.3 is 9.80 Å². The molecule has 35 heavy (non-hydrogen) atoms. The van der Waals surface area contributed by atoms with Crippen molar-refractivity contribution in [3.05, 3.63) is 106 Å². The summed E-state index contributed by atoms with van der Waals surface area (Å²) >= 11 is 7.02. The first kappa shape index (κ1) is 24.0. The number of halogens is 1. The first-order valence-corrected chi connectivity index (χ1v) is 13.2. The minimum absolute atomic E-state index is 0.0242. The third-order valence-electron chi connectivity index (χ3n) is 8.45. The largest absolute Gasteiger partial charge is 0.367 e. The monoisotopic (exact) mass is 484 g/mol. The van der Waals surface area contributed by atoms with Gasteiger partial charge in [-0.25, -0.2) is 0 Å². The lowest BCUT2D eigenvalue weighted by Gasteiger charge is -2.30. The van der Waals surface area contributed by atoms with Crippen molar-refractivity contribution in [1.82, 2.24) is 0 Å². The van der Waals surface area contributed by atoms with Gasteiger partial charge in [-0.3, -0.25) is 0 Å². The summed E-state index contributed by atoms with van der Waals surface area (Å²) in [6.45, 7) is 9.31. The highest BCUT2D eigenvalue weighted by Gasteiger charge is 2.41. The Hall–Kier alpha value is -2.71. The molecule has 0 saturated carbocycles. The number of benzene rings is 2. The minimum Gasteiger partial charge on any atom is -0.367 e. The minimum atomic E-state index is -0.0242. The van der Waals surface area contributed by atoms with Crippen molar-refractivity contribution in [1.29, 1.82) is 0 Å². The predicted molar refractivity (Wildman–Crippen MR) is 152 cm³/mol. The van der Waals surface area contributed by atoms with Crippen LogP contribution in [0.1, 0.15) is 58.1 Å². The quantitative estimate of drug-likeness (QED) is 0.432. The van der Waals surface area contributed by atoms with Crippen LogP contribution in [0, 0.1) is 0 Å². The van der Waals surface area contributed by atoms with E-state index in [0.29, 0.717) is 6.04 Å². The fourth-order valence-corrected chi connectivity index (χ4v) is 6.70. The number of rotatable bonds is 3. The van der Waals surface area contributed by atoms with Gasteiger partial charge in [-0.15, -0.1) is 0 Å². The van der Waals surface area contributed by atoms with Crippen LogP contribution in [0.25, 0.3) is 0 Å². The van der Waals surface area contributed by atoms with Crippen molar-refractivity contribution in [2.45, 2.75) is 63.8 Å². The number of allylic oxidation sites excluding steroid dienone is 7. The first-order valence-electron chi connectivity index (χ1n) is 12.8. The molecule has 2 aliphatic heterocycles. The van der Waals surface area contributed by atoms with E-state index in [4.69, 9.17) is 11.6 Å². The average Bonchev–Trinajstić information content (AvgIpc) is 3.16. The highest BCUT2D eigenvalue weighted by molar-refractivity contribution is 6.32. The molecule has 3 heteroatoms. The molecule has 2 nitrogen and oxygen atoms in total. The molecule has 0 spiro atoms. The Kier molecular flexibility index (Phi) is 6.00. The van der Waals surface area contributed by atoms with Crippen molar-refractivity contribution >= 4 is 23.0 Å². The van der Waals surface area contributed by atoms with Gasteiger partial charge in [0, 0.05) is 47.0 Å². The van der Waals surface area contributed by atoms with E-state index < -0.39 is 0 Å². The predicted octanol–water partition coefficient (Wildman–Crippen LogP) is 8.25. The molecule has 0 aromatic heterocycles. The Labute approximate surface area is 216 Å². The van der Waals surface area contributed by atoms with E-state index in [0.717, 1.165) is 24.3 Å². The van der Waals surface area contributed by atoms with Crippen LogP contribution in [0.5, 0.6) is 0 Å². The molecule has 0 saturated heterocycles. The summed E-state index contributed by atoms with van der Waals surface area (Å²) in [5.41, 5.74) is 9.25. The highest BCUT2D eigenvalue weighted by Crippen LogP contribution is 2.47. The number of hydrogen-bond acceptors (Lipinski definition) is 2. The van der Waals surface area contributed by atoms with Gasteiger partial charge in [0.1, 0.15) is 0 Å². The molecule has 0 fully saturated rings. The Morgan fingerprint density at radius 1 is 0.857 bits per heavy atom. The van der Waals surface area contributed by atoms with E-state index in [1.54, 1.807) is 0 Å². The third-order valence-corrected chi connectivity index (χ3v) is 8.94. The summed E-state index contributed by atoms with van der Waals surface area (Å²) in [5, 5.41) is 0.927. The maximum absolute atomic E-state index is 7.02. The zero-order chi connectivity index (χ0) is 25.0. The molecule has 2 aromatic carbocycles. The van der Waals surface area contributed by atoms with E-state index in [-0.39, 0.29) is 10.8 Å². The van der Waals surface area contributed by atoms with Crippen LogP contribution >= 0.6 is 11.6 Å². The van der Waals surface area contributed by atoms with Gasteiger partial charge in [0.25, 0.3) is 0 Å². The average molecular weight is 485 g/mol. The van der Waals surface area contributed by atoms with Gasteiger partial charge >= 0.3 is 0 Å². The summed E-state index contributed by atoms with van der Waals surface area (Å²) in [6, 6.07) is 17.8. The number of nitrogens with zero attached hydrogens (tertiary/aromatic N) is 2. The second-order valence-corrected chi connectivity index (χ2v) is 11.7. The lowest BCUT2D eigenvalue weighted by molar-refractivity contribution is 0.487. The third kappa shape index (κ3) is 3.87.